The van der Waals surface area contributed by atoms with Crippen molar-refractivity contribution in [2.75, 3.05) is 13.7 Å². The number of esters is 1. The lowest BCUT2D eigenvalue weighted by Gasteiger charge is -2.23. The summed E-state index contributed by atoms with van der Waals surface area (Å²) in [5, 5.41) is 2.64. The molecule has 82 valence electrons. The van der Waals surface area contributed by atoms with Crippen LogP contribution in [0, 0.1) is 0 Å². The number of hydrogen-bond donors (Lipinski definition) is 1. The predicted molar refractivity (Wildman–Crippen MR) is 50.7 cm³/mol. The Bertz CT molecular complexity index is 205. The fraction of sp³-hybridized carbons (Fsp3) is 0.778. The molecular formula is C9H17NO4. The molecular weight excluding hydrogens is 186 g/mol. The molecule has 0 aliphatic carbocycles. The Morgan fingerprint density at radius 1 is 1.36 bits per heavy atom. The minimum Gasteiger partial charge on any atom is -0.461 e. The summed E-state index contributed by atoms with van der Waals surface area (Å²) in [6, 6.07) is -0.304. The molecule has 5 heteroatoms. The molecule has 0 aliphatic rings. The van der Waals surface area contributed by atoms with Gasteiger partial charge in [-0.25, -0.2) is 0 Å². The number of amides is 1. The van der Waals surface area contributed by atoms with Gasteiger partial charge >= 0.3 is 5.97 Å². The molecule has 0 aliphatic heterocycles. The summed E-state index contributed by atoms with van der Waals surface area (Å²) < 4.78 is 9.83. The van der Waals surface area contributed by atoms with Gasteiger partial charge in [-0.1, -0.05) is 0 Å². The molecule has 0 unspecified atom stereocenters. The maximum Gasteiger partial charge on any atom is 0.302 e. The summed E-state index contributed by atoms with van der Waals surface area (Å²) in [4.78, 5) is 21.5. The summed E-state index contributed by atoms with van der Waals surface area (Å²) in [5.74, 6) is -0.546. The molecule has 1 amide bonds. The first-order chi connectivity index (χ1) is 6.47. The Kier molecular flexibility index (Phi) is 5.87. The van der Waals surface area contributed by atoms with E-state index in [-0.39, 0.29) is 17.9 Å². The number of ether oxygens (including phenoxy) is 2. The van der Waals surface area contributed by atoms with Crippen LogP contribution >= 0.6 is 0 Å². The van der Waals surface area contributed by atoms with Crippen LogP contribution in [0.1, 0.15) is 20.8 Å². The van der Waals surface area contributed by atoms with Gasteiger partial charge in [0.15, 0.2) is 0 Å². The molecule has 2 atom stereocenters. The van der Waals surface area contributed by atoms with Crippen molar-refractivity contribution in [1.29, 1.82) is 0 Å². The maximum atomic E-state index is 10.8. The van der Waals surface area contributed by atoms with Gasteiger partial charge in [0.1, 0.15) is 6.10 Å². The number of carbonyl (C=O) groups excluding carboxylic acids is 2. The molecule has 0 aromatic rings. The number of rotatable bonds is 5. The maximum absolute atomic E-state index is 10.8. The zero-order chi connectivity index (χ0) is 11.1. The topological polar surface area (TPSA) is 64.6 Å². The first kappa shape index (κ1) is 12.9. The van der Waals surface area contributed by atoms with Crippen molar-refractivity contribution in [2.24, 2.45) is 0 Å². The standard InChI is InChI=1S/C9H17NO4/c1-6(14-8(3)12)9(5-13-4)10-7(2)11/h6,9H,5H2,1-4H3,(H,10,11)/t6-,9+/m0/s1. The number of hydrogen-bond acceptors (Lipinski definition) is 4. The second kappa shape index (κ2) is 6.37. The highest BCUT2D eigenvalue weighted by molar-refractivity contribution is 5.73. The molecule has 0 aromatic heterocycles. The SMILES string of the molecule is COC[C@@H](NC(C)=O)[C@H](C)OC(C)=O. The van der Waals surface area contributed by atoms with E-state index in [1.807, 2.05) is 0 Å². The van der Waals surface area contributed by atoms with Crippen LogP contribution in [0.2, 0.25) is 0 Å². The van der Waals surface area contributed by atoms with Gasteiger partial charge in [0.25, 0.3) is 0 Å². The first-order valence-corrected chi connectivity index (χ1v) is 4.40. The van der Waals surface area contributed by atoms with E-state index in [0.717, 1.165) is 0 Å². The minimum atomic E-state index is -0.392. The Hall–Kier alpha value is -1.10. The van der Waals surface area contributed by atoms with E-state index >= 15 is 0 Å². The molecule has 5 nitrogen and oxygen atoms in total. The zero-order valence-electron chi connectivity index (χ0n) is 8.99. The highest BCUT2D eigenvalue weighted by atomic mass is 16.5. The highest BCUT2D eigenvalue weighted by Crippen LogP contribution is 2.00. The van der Waals surface area contributed by atoms with Crippen LogP contribution in [0.3, 0.4) is 0 Å². The van der Waals surface area contributed by atoms with Crippen molar-refractivity contribution in [3.05, 3.63) is 0 Å². The smallest absolute Gasteiger partial charge is 0.302 e. The fourth-order valence-corrected chi connectivity index (χ4v) is 1.08. The summed E-state index contributed by atoms with van der Waals surface area (Å²) in [6.07, 6.45) is -0.392. The largest absolute Gasteiger partial charge is 0.461 e. The monoisotopic (exact) mass is 203 g/mol. The third kappa shape index (κ3) is 5.53. The minimum absolute atomic E-state index is 0.175. The molecule has 0 heterocycles. The van der Waals surface area contributed by atoms with E-state index in [9.17, 15) is 9.59 Å². The van der Waals surface area contributed by atoms with Gasteiger partial charge in [-0.3, -0.25) is 9.59 Å². The molecule has 0 saturated carbocycles. The van der Waals surface area contributed by atoms with Crippen LogP contribution in [-0.4, -0.2) is 37.7 Å². The third-order valence-electron chi connectivity index (χ3n) is 1.65. The molecule has 0 saturated heterocycles. The van der Waals surface area contributed by atoms with Crippen LogP contribution in [0.5, 0.6) is 0 Å². The van der Waals surface area contributed by atoms with E-state index in [1.165, 1.54) is 21.0 Å². The molecule has 14 heavy (non-hydrogen) atoms. The molecule has 0 radical (unpaired) electrons. The molecule has 1 N–H and O–H groups in total. The van der Waals surface area contributed by atoms with Gasteiger partial charge in [0.2, 0.25) is 5.91 Å². The Morgan fingerprint density at radius 3 is 2.29 bits per heavy atom. The molecule has 0 bridgehead atoms. The highest BCUT2D eigenvalue weighted by Gasteiger charge is 2.20. The van der Waals surface area contributed by atoms with Crippen LogP contribution in [0.15, 0.2) is 0 Å². The Balaban J connectivity index is 4.16. The zero-order valence-corrected chi connectivity index (χ0v) is 8.99. The van der Waals surface area contributed by atoms with Crippen LogP contribution in [0.4, 0.5) is 0 Å². The summed E-state index contributed by atoms with van der Waals surface area (Å²) in [7, 11) is 1.52. The van der Waals surface area contributed by atoms with Crippen molar-refractivity contribution < 1.29 is 19.1 Å². The van der Waals surface area contributed by atoms with E-state index in [0.29, 0.717) is 6.61 Å². The normalized spacial score (nSPS) is 14.3. The molecule has 0 rings (SSSR count). The first-order valence-electron chi connectivity index (χ1n) is 4.40. The van der Waals surface area contributed by atoms with E-state index in [1.54, 1.807) is 6.92 Å². The van der Waals surface area contributed by atoms with Crippen LogP contribution < -0.4 is 5.32 Å². The van der Waals surface area contributed by atoms with E-state index in [4.69, 9.17) is 9.47 Å². The van der Waals surface area contributed by atoms with Crippen LogP contribution in [-0.2, 0) is 19.1 Å². The third-order valence-corrected chi connectivity index (χ3v) is 1.65. The van der Waals surface area contributed by atoms with E-state index < -0.39 is 6.10 Å². The summed E-state index contributed by atoms with van der Waals surface area (Å²) in [5.41, 5.74) is 0. The number of carbonyl (C=O) groups is 2. The van der Waals surface area contributed by atoms with Gasteiger partial charge in [0.05, 0.1) is 12.6 Å². The molecule has 0 fully saturated rings. The van der Waals surface area contributed by atoms with Crippen molar-refractivity contribution >= 4 is 11.9 Å². The van der Waals surface area contributed by atoms with Crippen LogP contribution in [0.25, 0.3) is 0 Å². The van der Waals surface area contributed by atoms with Crippen molar-refractivity contribution in [3.63, 3.8) is 0 Å². The lowest BCUT2D eigenvalue weighted by Crippen LogP contribution is -2.45. The van der Waals surface area contributed by atoms with Crippen molar-refractivity contribution in [1.82, 2.24) is 5.32 Å². The van der Waals surface area contributed by atoms with Gasteiger partial charge in [-0.15, -0.1) is 0 Å². The van der Waals surface area contributed by atoms with Gasteiger partial charge in [-0.2, -0.15) is 0 Å². The molecule has 0 aromatic carbocycles. The average Bonchev–Trinajstić information content (AvgIpc) is 2.01. The lowest BCUT2D eigenvalue weighted by atomic mass is 10.2. The lowest BCUT2D eigenvalue weighted by molar-refractivity contribution is -0.148. The van der Waals surface area contributed by atoms with Gasteiger partial charge < -0.3 is 14.8 Å². The van der Waals surface area contributed by atoms with Crippen molar-refractivity contribution in [2.45, 2.75) is 32.9 Å². The van der Waals surface area contributed by atoms with E-state index in [2.05, 4.69) is 5.32 Å². The summed E-state index contributed by atoms with van der Waals surface area (Å²) in [6.45, 7) is 4.76. The average molecular weight is 203 g/mol. The molecule has 0 spiro atoms. The predicted octanol–water partition coefficient (Wildman–Crippen LogP) is 0.0891. The Morgan fingerprint density at radius 2 is 1.93 bits per heavy atom. The summed E-state index contributed by atoms with van der Waals surface area (Å²) >= 11 is 0. The van der Waals surface area contributed by atoms with Gasteiger partial charge in [0, 0.05) is 21.0 Å². The number of methoxy groups -OCH3 is 1. The Labute approximate surface area is 83.8 Å². The quantitative estimate of drug-likeness (QED) is 0.643. The second-order valence-electron chi connectivity index (χ2n) is 3.08. The fourth-order valence-electron chi connectivity index (χ4n) is 1.08. The van der Waals surface area contributed by atoms with Gasteiger partial charge in [-0.05, 0) is 6.92 Å². The second-order valence-corrected chi connectivity index (χ2v) is 3.08. The van der Waals surface area contributed by atoms with Crippen molar-refractivity contribution in [3.8, 4) is 0 Å². The number of nitrogens with one attached hydrogen (secondary N) is 1.